The number of hydrogen-bond acceptors (Lipinski definition) is 4. The molecule has 0 aliphatic rings. The van der Waals surface area contributed by atoms with E-state index in [1.165, 1.54) is 4.88 Å². The van der Waals surface area contributed by atoms with Crippen molar-refractivity contribution in [1.29, 1.82) is 0 Å². The zero-order valence-electron chi connectivity index (χ0n) is 11.2. The first kappa shape index (κ1) is 14.2. The molecule has 1 unspecified atom stereocenters. The number of aromatic nitrogens is 1. The van der Waals surface area contributed by atoms with E-state index in [2.05, 4.69) is 17.2 Å². The SMILES string of the molecule is CC(C)Oc1cccnc1NC(C)c1ccc(Cl)s1. The van der Waals surface area contributed by atoms with Gasteiger partial charge in [-0.05, 0) is 45.0 Å². The Morgan fingerprint density at radius 2 is 2.05 bits per heavy atom. The van der Waals surface area contributed by atoms with Crippen LogP contribution >= 0.6 is 22.9 Å². The summed E-state index contributed by atoms with van der Waals surface area (Å²) in [5.74, 6) is 1.53. The quantitative estimate of drug-likeness (QED) is 0.864. The second-order valence-electron chi connectivity index (χ2n) is 4.52. The molecule has 2 aromatic heterocycles. The third kappa shape index (κ3) is 3.85. The van der Waals surface area contributed by atoms with Crippen molar-refractivity contribution in [3.63, 3.8) is 0 Å². The van der Waals surface area contributed by atoms with E-state index in [4.69, 9.17) is 16.3 Å². The highest BCUT2D eigenvalue weighted by atomic mass is 35.5. The fourth-order valence-corrected chi connectivity index (χ4v) is 2.75. The van der Waals surface area contributed by atoms with Crippen LogP contribution in [-0.4, -0.2) is 11.1 Å². The van der Waals surface area contributed by atoms with Gasteiger partial charge in [0, 0.05) is 11.1 Å². The molecule has 0 spiro atoms. The number of thiophene rings is 1. The van der Waals surface area contributed by atoms with Gasteiger partial charge in [0.2, 0.25) is 0 Å². The molecule has 102 valence electrons. The Hall–Kier alpha value is -1.26. The van der Waals surface area contributed by atoms with Crippen LogP contribution in [0.25, 0.3) is 0 Å². The Morgan fingerprint density at radius 3 is 2.68 bits per heavy atom. The number of rotatable bonds is 5. The van der Waals surface area contributed by atoms with Crippen LogP contribution < -0.4 is 10.1 Å². The van der Waals surface area contributed by atoms with Crippen molar-refractivity contribution in [2.45, 2.75) is 32.9 Å². The number of hydrogen-bond donors (Lipinski definition) is 1. The molecule has 2 heterocycles. The summed E-state index contributed by atoms with van der Waals surface area (Å²) in [5, 5.41) is 3.36. The van der Waals surface area contributed by atoms with Crippen molar-refractivity contribution in [3.8, 4) is 5.75 Å². The predicted octanol–water partition coefficient (Wildman–Crippen LogP) is 4.76. The molecule has 0 saturated carbocycles. The molecule has 2 rings (SSSR count). The predicted molar refractivity (Wildman–Crippen MR) is 81.4 cm³/mol. The highest BCUT2D eigenvalue weighted by Crippen LogP contribution is 2.31. The Kier molecular flexibility index (Phi) is 4.66. The maximum atomic E-state index is 5.96. The van der Waals surface area contributed by atoms with Crippen LogP contribution in [0.1, 0.15) is 31.7 Å². The summed E-state index contributed by atoms with van der Waals surface area (Å²) in [6.45, 7) is 6.08. The minimum absolute atomic E-state index is 0.122. The van der Waals surface area contributed by atoms with E-state index in [-0.39, 0.29) is 12.1 Å². The zero-order valence-corrected chi connectivity index (χ0v) is 12.8. The van der Waals surface area contributed by atoms with Crippen LogP contribution in [-0.2, 0) is 0 Å². The van der Waals surface area contributed by atoms with Crippen molar-refractivity contribution in [2.24, 2.45) is 0 Å². The van der Waals surface area contributed by atoms with Gasteiger partial charge in [-0.2, -0.15) is 0 Å². The summed E-state index contributed by atoms with van der Waals surface area (Å²) in [4.78, 5) is 5.51. The Labute approximate surface area is 122 Å². The number of anilines is 1. The van der Waals surface area contributed by atoms with E-state index < -0.39 is 0 Å². The minimum atomic E-state index is 0.122. The lowest BCUT2D eigenvalue weighted by Crippen LogP contribution is -2.11. The van der Waals surface area contributed by atoms with Gasteiger partial charge in [-0.25, -0.2) is 4.98 Å². The lowest BCUT2D eigenvalue weighted by molar-refractivity contribution is 0.242. The summed E-state index contributed by atoms with van der Waals surface area (Å²) in [6.07, 6.45) is 1.88. The normalized spacial score (nSPS) is 12.5. The fraction of sp³-hybridized carbons (Fsp3) is 0.357. The number of halogens is 1. The third-order valence-electron chi connectivity index (χ3n) is 2.51. The zero-order chi connectivity index (χ0) is 13.8. The Morgan fingerprint density at radius 1 is 1.26 bits per heavy atom. The van der Waals surface area contributed by atoms with Crippen LogP contribution in [0.2, 0.25) is 4.34 Å². The summed E-state index contributed by atoms with van der Waals surface area (Å²) < 4.78 is 6.53. The first-order valence-corrected chi connectivity index (χ1v) is 7.39. The summed E-state index contributed by atoms with van der Waals surface area (Å²) in [6, 6.07) is 7.86. The molecule has 0 radical (unpaired) electrons. The molecule has 0 bridgehead atoms. The second kappa shape index (κ2) is 6.26. The molecule has 1 N–H and O–H groups in total. The van der Waals surface area contributed by atoms with Crippen LogP contribution in [0.5, 0.6) is 5.75 Å². The van der Waals surface area contributed by atoms with Crippen molar-refractivity contribution in [3.05, 3.63) is 39.7 Å². The largest absolute Gasteiger partial charge is 0.487 e. The molecule has 0 fully saturated rings. The van der Waals surface area contributed by atoms with Crippen LogP contribution in [0.4, 0.5) is 5.82 Å². The maximum Gasteiger partial charge on any atom is 0.169 e. The molecule has 0 aliphatic heterocycles. The molecule has 0 aromatic carbocycles. The third-order valence-corrected chi connectivity index (χ3v) is 3.92. The molecule has 3 nitrogen and oxygen atoms in total. The topological polar surface area (TPSA) is 34.1 Å². The van der Waals surface area contributed by atoms with Gasteiger partial charge in [0.25, 0.3) is 0 Å². The van der Waals surface area contributed by atoms with E-state index in [1.54, 1.807) is 17.5 Å². The van der Waals surface area contributed by atoms with E-state index >= 15 is 0 Å². The van der Waals surface area contributed by atoms with Gasteiger partial charge >= 0.3 is 0 Å². The first-order valence-electron chi connectivity index (χ1n) is 6.19. The van der Waals surface area contributed by atoms with Crippen LogP contribution in [0, 0.1) is 0 Å². The summed E-state index contributed by atoms with van der Waals surface area (Å²) in [5.41, 5.74) is 0. The summed E-state index contributed by atoms with van der Waals surface area (Å²) in [7, 11) is 0. The van der Waals surface area contributed by atoms with Gasteiger partial charge < -0.3 is 10.1 Å². The van der Waals surface area contributed by atoms with Gasteiger partial charge in [0.05, 0.1) is 16.5 Å². The van der Waals surface area contributed by atoms with E-state index in [0.717, 1.165) is 15.9 Å². The first-order chi connectivity index (χ1) is 9.06. The molecule has 0 saturated heterocycles. The molecule has 19 heavy (non-hydrogen) atoms. The van der Waals surface area contributed by atoms with Crippen molar-refractivity contribution in [1.82, 2.24) is 4.98 Å². The molecule has 2 aromatic rings. The molecule has 1 atom stereocenters. The molecule has 0 aliphatic carbocycles. The number of nitrogens with one attached hydrogen (secondary N) is 1. The van der Waals surface area contributed by atoms with Crippen LogP contribution in [0.3, 0.4) is 0 Å². The molecule has 5 heteroatoms. The van der Waals surface area contributed by atoms with Crippen molar-refractivity contribution >= 4 is 28.8 Å². The van der Waals surface area contributed by atoms with Crippen LogP contribution in [0.15, 0.2) is 30.5 Å². The molecular formula is C14H17ClN2OS. The highest BCUT2D eigenvalue weighted by molar-refractivity contribution is 7.16. The van der Waals surface area contributed by atoms with Crippen molar-refractivity contribution in [2.75, 3.05) is 5.32 Å². The van der Waals surface area contributed by atoms with E-state index in [9.17, 15) is 0 Å². The van der Waals surface area contributed by atoms with Gasteiger partial charge in [0.1, 0.15) is 0 Å². The van der Waals surface area contributed by atoms with Gasteiger partial charge in [-0.3, -0.25) is 0 Å². The number of ether oxygens (including phenoxy) is 1. The average molecular weight is 297 g/mol. The average Bonchev–Trinajstić information content (AvgIpc) is 2.78. The van der Waals surface area contributed by atoms with E-state index in [0.29, 0.717) is 0 Å². The minimum Gasteiger partial charge on any atom is -0.487 e. The molecule has 0 amide bonds. The second-order valence-corrected chi connectivity index (χ2v) is 6.27. The monoisotopic (exact) mass is 296 g/mol. The fourth-order valence-electron chi connectivity index (χ4n) is 1.69. The highest BCUT2D eigenvalue weighted by Gasteiger charge is 2.12. The van der Waals surface area contributed by atoms with Gasteiger partial charge in [-0.1, -0.05) is 11.6 Å². The maximum absolute atomic E-state index is 5.96. The molecular weight excluding hydrogens is 280 g/mol. The van der Waals surface area contributed by atoms with Crippen molar-refractivity contribution < 1.29 is 4.74 Å². The number of nitrogens with zero attached hydrogens (tertiary/aromatic N) is 1. The Bertz CT molecular complexity index is 542. The van der Waals surface area contributed by atoms with Gasteiger partial charge in [0.15, 0.2) is 11.6 Å². The number of pyridine rings is 1. The standard InChI is InChI=1S/C14H17ClN2OS/c1-9(2)18-11-5-4-8-16-14(11)17-10(3)12-6-7-13(15)19-12/h4-10H,1-3H3,(H,16,17). The Balaban J connectivity index is 2.14. The smallest absolute Gasteiger partial charge is 0.169 e. The summed E-state index contributed by atoms with van der Waals surface area (Å²) >= 11 is 7.53. The lowest BCUT2D eigenvalue weighted by Gasteiger charge is -2.17. The van der Waals surface area contributed by atoms with Gasteiger partial charge in [-0.15, -0.1) is 11.3 Å². The van der Waals surface area contributed by atoms with E-state index in [1.807, 2.05) is 38.1 Å². The lowest BCUT2D eigenvalue weighted by atomic mass is 10.2.